The van der Waals surface area contributed by atoms with Crippen molar-refractivity contribution in [3.05, 3.63) is 60.8 Å². The van der Waals surface area contributed by atoms with Gasteiger partial charge in [-0.05, 0) is 37.1 Å². The Morgan fingerprint density at radius 3 is 2.67 bits per heavy atom. The van der Waals surface area contributed by atoms with Crippen molar-refractivity contribution >= 4 is 28.4 Å². The van der Waals surface area contributed by atoms with Crippen molar-refractivity contribution in [3.63, 3.8) is 0 Å². The number of esters is 1. The Bertz CT molecular complexity index is 1420. The van der Waals surface area contributed by atoms with E-state index in [1.54, 1.807) is 12.4 Å². The molecular weight excluding hydrogens is 511 g/mol. The SMILES string of the molecule is COC(=O)CCCCCn1cc(-c2cnc3ccc(N(CCNC(C)C)c4cc(F)cc(OC)c4)cc3n2)cn1. The molecule has 9 nitrogen and oxygen atoms in total. The van der Waals surface area contributed by atoms with Crippen LogP contribution >= 0.6 is 0 Å². The molecule has 1 N–H and O–H groups in total. The summed E-state index contributed by atoms with van der Waals surface area (Å²) in [6.45, 7) is 6.27. The lowest BCUT2D eigenvalue weighted by molar-refractivity contribution is -0.140. The van der Waals surface area contributed by atoms with Gasteiger partial charge in [-0.25, -0.2) is 9.37 Å². The molecule has 212 valence electrons. The van der Waals surface area contributed by atoms with E-state index in [1.807, 2.05) is 40.0 Å². The van der Waals surface area contributed by atoms with E-state index >= 15 is 0 Å². The number of unbranched alkanes of at least 4 members (excludes halogenated alkanes) is 2. The van der Waals surface area contributed by atoms with E-state index in [2.05, 4.69) is 34.0 Å². The van der Waals surface area contributed by atoms with Crippen molar-refractivity contribution in [3.8, 4) is 17.0 Å². The van der Waals surface area contributed by atoms with Gasteiger partial charge in [0, 0.05) is 67.4 Å². The average molecular weight is 549 g/mol. The fourth-order valence-electron chi connectivity index (χ4n) is 4.44. The monoisotopic (exact) mass is 548 g/mol. The quantitative estimate of drug-likeness (QED) is 0.163. The molecule has 0 spiro atoms. The molecule has 4 rings (SSSR count). The first-order chi connectivity index (χ1) is 19.4. The maximum absolute atomic E-state index is 14.4. The van der Waals surface area contributed by atoms with Crippen LogP contribution < -0.4 is 15.0 Å². The number of carbonyl (C=O) groups is 1. The maximum Gasteiger partial charge on any atom is 0.305 e. The molecule has 40 heavy (non-hydrogen) atoms. The van der Waals surface area contributed by atoms with Crippen molar-refractivity contribution in [2.24, 2.45) is 0 Å². The Morgan fingerprint density at radius 1 is 1.05 bits per heavy atom. The molecule has 0 atom stereocenters. The van der Waals surface area contributed by atoms with Crippen LogP contribution in [0.3, 0.4) is 0 Å². The minimum absolute atomic E-state index is 0.176. The second-order valence-electron chi connectivity index (χ2n) is 9.92. The van der Waals surface area contributed by atoms with E-state index in [4.69, 9.17) is 9.72 Å². The van der Waals surface area contributed by atoms with E-state index in [9.17, 15) is 9.18 Å². The molecule has 0 saturated heterocycles. The van der Waals surface area contributed by atoms with Crippen LogP contribution in [0.25, 0.3) is 22.3 Å². The summed E-state index contributed by atoms with van der Waals surface area (Å²) in [6.07, 6.45) is 8.57. The first-order valence-electron chi connectivity index (χ1n) is 13.6. The number of nitrogens with zero attached hydrogens (tertiary/aromatic N) is 5. The molecule has 0 saturated carbocycles. The van der Waals surface area contributed by atoms with Gasteiger partial charge in [-0.15, -0.1) is 0 Å². The van der Waals surface area contributed by atoms with Crippen LogP contribution in [0.15, 0.2) is 55.0 Å². The third kappa shape index (κ3) is 7.75. The molecule has 0 fully saturated rings. The molecule has 2 aromatic heterocycles. The number of hydrogen-bond donors (Lipinski definition) is 1. The lowest BCUT2D eigenvalue weighted by Gasteiger charge is -2.26. The van der Waals surface area contributed by atoms with Crippen molar-refractivity contribution in [1.29, 1.82) is 0 Å². The predicted octanol–water partition coefficient (Wildman–Crippen LogP) is 5.51. The number of aromatic nitrogens is 4. The van der Waals surface area contributed by atoms with Gasteiger partial charge in [-0.2, -0.15) is 5.10 Å². The number of halogens is 1. The number of aryl methyl sites for hydroxylation is 1. The van der Waals surface area contributed by atoms with Gasteiger partial charge in [-0.1, -0.05) is 20.3 Å². The number of hydrogen-bond acceptors (Lipinski definition) is 8. The van der Waals surface area contributed by atoms with Gasteiger partial charge >= 0.3 is 5.97 Å². The van der Waals surface area contributed by atoms with E-state index in [0.29, 0.717) is 37.0 Å². The van der Waals surface area contributed by atoms with Crippen LogP contribution in [0.2, 0.25) is 0 Å². The van der Waals surface area contributed by atoms with Crippen molar-refractivity contribution < 1.29 is 18.7 Å². The molecule has 0 radical (unpaired) electrons. The van der Waals surface area contributed by atoms with Gasteiger partial charge in [0.15, 0.2) is 0 Å². The summed E-state index contributed by atoms with van der Waals surface area (Å²) < 4.78 is 26.3. The number of benzene rings is 2. The number of fused-ring (bicyclic) bond motifs is 1. The zero-order chi connectivity index (χ0) is 28.5. The van der Waals surface area contributed by atoms with E-state index in [-0.39, 0.29) is 11.8 Å². The minimum atomic E-state index is -0.362. The summed E-state index contributed by atoms with van der Waals surface area (Å²) in [5.74, 6) is -0.0786. The van der Waals surface area contributed by atoms with Crippen LogP contribution in [-0.4, -0.2) is 59.1 Å². The molecule has 2 aromatic carbocycles. The largest absolute Gasteiger partial charge is 0.497 e. The lowest BCUT2D eigenvalue weighted by Crippen LogP contribution is -2.32. The normalized spacial score (nSPS) is 11.2. The molecule has 10 heteroatoms. The number of rotatable bonds is 14. The fraction of sp³-hybridized carbons (Fsp3) is 0.400. The second kappa shape index (κ2) is 13.8. The number of anilines is 2. The molecule has 0 aliphatic rings. The van der Waals surface area contributed by atoms with Crippen molar-refractivity contribution in [1.82, 2.24) is 25.1 Å². The Kier molecular flexibility index (Phi) is 10.0. The van der Waals surface area contributed by atoms with E-state index in [1.165, 1.54) is 26.4 Å². The summed E-state index contributed by atoms with van der Waals surface area (Å²) in [7, 11) is 2.94. The van der Waals surface area contributed by atoms with Crippen LogP contribution in [0.1, 0.15) is 39.5 Å². The first kappa shape index (κ1) is 28.9. The van der Waals surface area contributed by atoms with Gasteiger partial charge in [-0.3, -0.25) is 14.5 Å². The molecule has 0 aliphatic heterocycles. The minimum Gasteiger partial charge on any atom is -0.497 e. The van der Waals surface area contributed by atoms with Gasteiger partial charge in [0.2, 0.25) is 0 Å². The summed E-state index contributed by atoms with van der Waals surface area (Å²) in [6, 6.07) is 10.9. The zero-order valence-electron chi connectivity index (χ0n) is 23.6. The Balaban J connectivity index is 1.54. The maximum atomic E-state index is 14.4. The van der Waals surface area contributed by atoms with Gasteiger partial charge in [0.1, 0.15) is 11.6 Å². The van der Waals surface area contributed by atoms with Crippen molar-refractivity contribution in [2.45, 2.75) is 52.1 Å². The summed E-state index contributed by atoms with van der Waals surface area (Å²) in [5.41, 5.74) is 4.67. The molecule has 0 aliphatic carbocycles. The van der Waals surface area contributed by atoms with Crippen molar-refractivity contribution in [2.75, 3.05) is 32.2 Å². The topological polar surface area (TPSA) is 94.4 Å². The van der Waals surface area contributed by atoms with Gasteiger partial charge in [0.05, 0.1) is 43.3 Å². The third-order valence-corrected chi connectivity index (χ3v) is 6.55. The van der Waals surface area contributed by atoms with Crippen LogP contribution in [0, 0.1) is 5.82 Å². The van der Waals surface area contributed by atoms with Gasteiger partial charge < -0.3 is 19.7 Å². The van der Waals surface area contributed by atoms with E-state index in [0.717, 1.165) is 53.8 Å². The summed E-state index contributed by atoms with van der Waals surface area (Å²) in [5, 5.41) is 7.91. The smallest absolute Gasteiger partial charge is 0.305 e. The molecule has 0 amide bonds. The number of nitrogens with one attached hydrogen (secondary N) is 1. The predicted molar refractivity (Wildman–Crippen MR) is 154 cm³/mol. The van der Waals surface area contributed by atoms with Crippen LogP contribution in [-0.2, 0) is 16.1 Å². The number of ether oxygens (including phenoxy) is 2. The highest BCUT2D eigenvalue weighted by molar-refractivity contribution is 5.82. The second-order valence-corrected chi connectivity index (χ2v) is 9.92. The Labute approximate surface area is 234 Å². The highest BCUT2D eigenvalue weighted by Crippen LogP contribution is 2.31. The zero-order valence-corrected chi connectivity index (χ0v) is 23.6. The highest BCUT2D eigenvalue weighted by atomic mass is 19.1. The number of methoxy groups -OCH3 is 2. The van der Waals surface area contributed by atoms with Crippen LogP contribution in [0.4, 0.5) is 15.8 Å². The Morgan fingerprint density at radius 2 is 1.90 bits per heavy atom. The molecule has 0 bridgehead atoms. The molecule has 4 aromatic rings. The van der Waals surface area contributed by atoms with E-state index < -0.39 is 0 Å². The third-order valence-electron chi connectivity index (χ3n) is 6.55. The standard InChI is InChI=1S/C30H37FN6O3/c1-21(2)32-11-13-37(25-14-23(31)15-26(16-25)39-3)24-9-10-27-28(17-24)35-29(19-33-27)22-18-34-36(20-22)12-7-5-6-8-30(38)40-4/h9-10,14-21,32H,5-8,11-13H2,1-4H3. The molecule has 0 unspecified atom stereocenters. The molecular formula is C30H37FN6O3. The summed E-state index contributed by atoms with van der Waals surface area (Å²) >= 11 is 0. The Hall–Kier alpha value is -4.05. The highest BCUT2D eigenvalue weighted by Gasteiger charge is 2.15. The van der Waals surface area contributed by atoms with Crippen LogP contribution in [0.5, 0.6) is 5.75 Å². The van der Waals surface area contributed by atoms with Gasteiger partial charge in [0.25, 0.3) is 0 Å². The summed E-state index contributed by atoms with van der Waals surface area (Å²) in [4.78, 5) is 22.8. The fourth-order valence-corrected chi connectivity index (χ4v) is 4.44. The average Bonchev–Trinajstić information content (AvgIpc) is 3.43. The first-order valence-corrected chi connectivity index (χ1v) is 13.6. The number of carbonyl (C=O) groups excluding carboxylic acids is 1. The lowest BCUT2D eigenvalue weighted by atomic mass is 10.2. The molecule has 2 heterocycles.